The highest BCUT2D eigenvalue weighted by Crippen LogP contribution is 2.28. The third-order valence-electron chi connectivity index (χ3n) is 6.31. The van der Waals surface area contributed by atoms with Crippen molar-refractivity contribution in [1.29, 1.82) is 0 Å². The first-order chi connectivity index (χ1) is 19.0. The van der Waals surface area contributed by atoms with Crippen LogP contribution in [0, 0.1) is 0 Å². The summed E-state index contributed by atoms with van der Waals surface area (Å²) in [7, 11) is 1.38. The topological polar surface area (TPSA) is 130 Å². The molecule has 4 amide bonds. The molecular formula is C28H27N7O4S. The molecule has 2 N–H and O–H groups in total. The van der Waals surface area contributed by atoms with Gasteiger partial charge in [0.1, 0.15) is 5.82 Å². The minimum atomic E-state index is -1.05. The van der Waals surface area contributed by atoms with Crippen LogP contribution in [0.4, 0.5) is 15.7 Å². The molecule has 4 aromatic rings. The van der Waals surface area contributed by atoms with E-state index in [4.69, 9.17) is 5.10 Å². The summed E-state index contributed by atoms with van der Waals surface area (Å²) in [6.45, 7) is 6.14. The number of hydrogen-bond donors (Lipinski definition) is 2. The van der Waals surface area contributed by atoms with Gasteiger partial charge in [0.25, 0.3) is 0 Å². The Kier molecular flexibility index (Phi) is 6.94. The third kappa shape index (κ3) is 5.34. The molecule has 40 heavy (non-hydrogen) atoms. The summed E-state index contributed by atoms with van der Waals surface area (Å²) in [5, 5.41) is 14.9. The van der Waals surface area contributed by atoms with Crippen LogP contribution in [0.5, 0.6) is 0 Å². The number of rotatable bonds is 6. The van der Waals surface area contributed by atoms with Gasteiger partial charge in [-0.05, 0) is 17.7 Å². The molecule has 3 heterocycles. The fraction of sp³-hybridized carbons (Fsp3) is 0.214. The van der Waals surface area contributed by atoms with Gasteiger partial charge >= 0.3 is 23.6 Å². The lowest BCUT2D eigenvalue weighted by molar-refractivity contribution is -0.145. The van der Waals surface area contributed by atoms with Crippen molar-refractivity contribution in [2.24, 2.45) is 0 Å². The molecule has 1 saturated heterocycles. The van der Waals surface area contributed by atoms with E-state index in [2.05, 4.69) is 15.6 Å². The Morgan fingerprint density at radius 3 is 2.27 bits per heavy atom. The molecule has 0 spiro atoms. The number of carbonyl (C=O) groups excluding carboxylic acids is 4. The lowest BCUT2D eigenvalue weighted by Gasteiger charge is -2.22. The van der Waals surface area contributed by atoms with Crippen LogP contribution in [0.3, 0.4) is 0 Å². The maximum absolute atomic E-state index is 12.9. The van der Waals surface area contributed by atoms with Crippen molar-refractivity contribution in [3.63, 3.8) is 0 Å². The number of carbonyl (C=O) groups is 4. The first kappa shape index (κ1) is 26.8. The average molecular weight is 558 g/mol. The molecule has 0 atom stereocenters. The van der Waals surface area contributed by atoms with Crippen molar-refractivity contribution in [2.75, 3.05) is 17.7 Å². The van der Waals surface area contributed by atoms with Gasteiger partial charge in [-0.3, -0.25) is 25.0 Å². The molecule has 0 unspecified atom stereocenters. The minimum Gasteiger partial charge on any atom is -0.292 e. The Labute approximate surface area is 234 Å². The van der Waals surface area contributed by atoms with Crippen LogP contribution in [-0.4, -0.2) is 55.5 Å². The summed E-state index contributed by atoms with van der Waals surface area (Å²) in [5.74, 6) is -2.29. The Bertz CT molecular complexity index is 1600. The summed E-state index contributed by atoms with van der Waals surface area (Å²) in [4.78, 5) is 53.1. The first-order valence-electron chi connectivity index (χ1n) is 12.4. The summed E-state index contributed by atoms with van der Waals surface area (Å²) in [5.41, 5.74) is 3.61. The number of hydrogen-bond acceptors (Lipinski definition) is 7. The minimum absolute atomic E-state index is 0.0612. The number of ketones is 1. The molecular weight excluding hydrogens is 530 g/mol. The van der Waals surface area contributed by atoms with E-state index >= 15 is 0 Å². The number of benzene rings is 2. The Balaban J connectivity index is 1.34. The zero-order valence-corrected chi connectivity index (χ0v) is 23.2. The van der Waals surface area contributed by atoms with Gasteiger partial charge < -0.3 is 0 Å². The van der Waals surface area contributed by atoms with Crippen LogP contribution in [0.15, 0.2) is 66.0 Å². The Morgan fingerprint density at radius 1 is 0.950 bits per heavy atom. The Hall–Kier alpha value is -4.84. The molecule has 12 heteroatoms. The smallest absolute Gasteiger partial charge is 0.292 e. The molecule has 11 nitrogen and oxygen atoms in total. The number of anilines is 2. The molecule has 5 rings (SSSR count). The molecule has 204 valence electrons. The van der Waals surface area contributed by atoms with Crippen LogP contribution < -0.4 is 10.6 Å². The van der Waals surface area contributed by atoms with E-state index in [0.29, 0.717) is 22.2 Å². The number of urea groups is 1. The standard InChI is InChI=1S/C28H27N7O4S/c1-28(2,3)21-14-22(30-26(39)31-27-29-20(16-40-27)18-8-6-5-7-9-18)35(32-21)19-12-10-17(11-13-19)15-34-25(38)23(36)24(37)33(34)4/h5-14,16H,15H2,1-4H3,(H2,29,30,31,39). The van der Waals surface area contributed by atoms with Crippen molar-refractivity contribution < 1.29 is 19.2 Å². The van der Waals surface area contributed by atoms with Gasteiger partial charge in [0.15, 0.2) is 5.13 Å². The first-order valence-corrected chi connectivity index (χ1v) is 13.3. The van der Waals surface area contributed by atoms with Crippen LogP contribution >= 0.6 is 11.3 Å². The predicted molar refractivity (Wildman–Crippen MR) is 151 cm³/mol. The van der Waals surface area contributed by atoms with Gasteiger partial charge in [0.2, 0.25) is 0 Å². The van der Waals surface area contributed by atoms with E-state index in [1.54, 1.807) is 28.9 Å². The maximum Gasteiger partial charge on any atom is 0.326 e. The van der Waals surface area contributed by atoms with Crippen molar-refractivity contribution in [2.45, 2.75) is 32.7 Å². The highest BCUT2D eigenvalue weighted by Gasteiger charge is 2.42. The van der Waals surface area contributed by atoms with Crippen molar-refractivity contribution in [1.82, 2.24) is 24.8 Å². The second-order valence-electron chi connectivity index (χ2n) is 10.2. The monoisotopic (exact) mass is 557 g/mol. The summed E-state index contributed by atoms with van der Waals surface area (Å²) >= 11 is 1.33. The maximum atomic E-state index is 12.9. The molecule has 1 aliphatic rings. The van der Waals surface area contributed by atoms with E-state index < -0.39 is 23.6 Å². The lowest BCUT2D eigenvalue weighted by Crippen LogP contribution is -2.37. The number of aromatic nitrogens is 3. The second-order valence-corrected chi connectivity index (χ2v) is 11.1. The van der Waals surface area contributed by atoms with Crippen LogP contribution in [0.1, 0.15) is 32.0 Å². The molecule has 1 aliphatic heterocycles. The van der Waals surface area contributed by atoms with Gasteiger partial charge in [-0.25, -0.2) is 24.5 Å². The van der Waals surface area contributed by atoms with Gasteiger partial charge in [-0.2, -0.15) is 5.10 Å². The lowest BCUT2D eigenvalue weighted by atomic mass is 9.92. The van der Waals surface area contributed by atoms with Crippen molar-refractivity contribution >= 4 is 45.9 Å². The number of nitrogens with one attached hydrogen (secondary N) is 2. The SMILES string of the molecule is CN1C(=O)C(=O)C(=O)N1Cc1ccc(-n2nc(C(C)(C)C)cc2NC(=O)Nc2nc(-c3ccccc3)cs2)cc1. The van der Waals surface area contributed by atoms with Crippen LogP contribution in [-0.2, 0) is 26.3 Å². The highest BCUT2D eigenvalue weighted by atomic mass is 32.1. The molecule has 0 aliphatic carbocycles. The van der Waals surface area contributed by atoms with Crippen LogP contribution in [0.25, 0.3) is 16.9 Å². The number of Topliss-reactive ketones (excluding diaryl/α,β-unsaturated/α-hetero) is 1. The molecule has 0 saturated carbocycles. The number of hydrazine groups is 1. The second kappa shape index (κ2) is 10.4. The fourth-order valence-corrected chi connectivity index (χ4v) is 4.76. The zero-order valence-electron chi connectivity index (χ0n) is 22.3. The molecule has 0 radical (unpaired) electrons. The van der Waals surface area contributed by atoms with Gasteiger partial charge in [-0.1, -0.05) is 63.2 Å². The fourth-order valence-electron chi connectivity index (χ4n) is 4.05. The van der Waals surface area contributed by atoms with Gasteiger partial charge in [0, 0.05) is 29.5 Å². The van der Waals surface area contributed by atoms with E-state index in [1.807, 2.05) is 62.5 Å². The van der Waals surface area contributed by atoms with Crippen LogP contribution in [0.2, 0.25) is 0 Å². The number of nitrogens with zero attached hydrogens (tertiary/aromatic N) is 5. The average Bonchev–Trinajstić information content (AvgIpc) is 3.62. The van der Waals surface area contributed by atoms with Crippen molar-refractivity contribution in [3.05, 3.63) is 77.3 Å². The predicted octanol–water partition coefficient (Wildman–Crippen LogP) is 4.22. The Morgan fingerprint density at radius 2 is 1.65 bits per heavy atom. The van der Waals surface area contributed by atoms with E-state index in [0.717, 1.165) is 27.0 Å². The molecule has 2 aromatic carbocycles. The van der Waals surface area contributed by atoms with Crippen molar-refractivity contribution in [3.8, 4) is 16.9 Å². The highest BCUT2D eigenvalue weighted by molar-refractivity contribution is 7.14. The van der Waals surface area contributed by atoms with E-state index in [-0.39, 0.29) is 12.0 Å². The molecule has 0 bridgehead atoms. The summed E-state index contributed by atoms with van der Waals surface area (Å²) in [6.07, 6.45) is 0. The number of likely N-dealkylation sites (N-methyl/N-ethyl adjacent to an activating group) is 1. The quantitative estimate of drug-likeness (QED) is 0.342. The number of amides is 4. The van der Waals surface area contributed by atoms with E-state index in [9.17, 15) is 19.2 Å². The molecule has 1 fully saturated rings. The summed E-state index contributed by atoms with van der Waals surface area (Å²) in [6, 6.07) is 18.2. The van der Waals surface area contributed by atoms with Gasteiger partial charge in [-0.15, -0.1) is 11.3 Å². The largest absolute Gasteiger partial charge is 0.326 e. The molecule has 2 aromatic heterocycles. The third-order valence-corrected chi connectivity index (χ3v) is 7.06. The number of thiazole rings is 1. The van der Waals surface area contributed by atoms with E-state index in [1.165, 1.54) is 18.4 Å². The van der Waals surface area contributed by atoms with Gasteiger partial charge in [0.05, 0.1) is 23.6 Å². The zero-order chi connectivity index (χ0) is 28.6. The summed E-state index contributed by atoms with van der Waals surface area (Å²) < 4.78 is 1.63. The normalized spacial score (nSPS) is 13.8.